The molecule has 2 unspecified atom stereocenters. The topological polar surface area (TPSA) is 50.5 Å². The number of ether oxygens (including phenoxy) is 1. The van der Waals surface area contributed by atoms with Crippen molar-refractivity contribution in [3.05, 3.63) is 16.4 Å². The van der Waals surface area contributed by atoms with Gasteiger partial charge in [-0.3, -0.25) is 4.68 Å². The number of hydrogen-bond donors (Lipinski definition) is 1. The van der Waals surface area contributed by atoms with E-state index in [1.807, 2.05) is 25.7 Å². The van der Waals surface area contributed by atoms with Crippen molar-refractivity contribution in [2.75, 3.05) is 27.2 Å². The van der Waals surface area contributed by atoms with Crippen LogP contribution in [0.3, 0.4) is 0 Å². The van der Waals surface area contributed by atoms with Crippen LogP contribution in [0.1, 0.15) is 25.5 Å². The molecule has 0 saturated carbocycles. The fourth-order valence-corrected chi connectivity index (χ4v) is 3.24. The molecule has 1 saturated heterocycles. The summed E-state index contributed by atoms with van der Waals surface area (Å²) in [6.45, 7) is 4.25. The largest absolute Gasteiger partial charge is 0.383 e. The van der Waals surface area contributed by atoms with E-state index < -0.39 is 5.60 Å². The van der Waals surface area contributed by atoms with Crippen LogP contribution in [-0.4, -0.2) is 53.1 Å². The third kappa shape index (κ3) is 3.37. The molecule has 108 valence electrons. The molecule has 0 spiro atoms. The Morgan fingerprint density at radius 2 is 2.37 bits per heavy atom. The molecule has 6 heteroatoms. The van der Waals surface area contributed by atoms with Crippen LogP contribution in [0.2, 0.25) is 0 Å². The van der Waals surface area contributed by atoms with Crippen molar-refractivity contribution < 1.29 is 9.84 Å². The molecule has 0 aliphatic carbocycles. The number of aromatic nitrogens is 2. The van der Waals surface area contributed by atoms with E-state index in [1.165, 1.54) is 0 Å². The summed E-state index contributed by atoms with van der Waals surface area (Å²) in [6, 6.07) is 0. The summed E-state index contributed by atoms with van der Waals surface area (Å²) < 4.78 is 8.32. The van der Waals surface area contributed by atoms with Gasteiger partial charge in [0.15, 0.2) is 0 Å². The second-order valence-corrected chi connectivity index (χ2v) is 6.39. The Kier molecular flexibility index (Phi) is 4.66. The lowest BCUT2D eigenvalue weighted by Crippen LogP contribution is -2.40. The third-order valence-corrected chi connectivity index (χ3v) is 4.12. The van der Waals surface area contributed by atoms with E-state index in [9.17, 15) is 5.11 Å². The summed E-state index contributed by atoms with van der Waals surface area (Å²) in [6.07, 6.45) is 3.06. The molecule has 1 aromatic rings. The molecule has 0 radical (unpaired) electrons. The van der Waals surface area contributed by atoms with Crippen molar-refractivity contribution in [3.63, 3.8) is 0 Å². The van der Waals surface area contributed by atoms with Gasteiger partial charge in [-0.15, -0.1) is 0 Å². The maximum Gasteiger partial charge on any atom is 0.112 e. The van der Waals surface area contributed by atoms with Gasteiger partial charge in [-0.1, -0.05) is 0 Å². The van der Waals surface area contributed by atoms with E-state index >= 15 is 0 Å². The Morgan fingerprint density at radius 3 is 3.00 bits per heavy atom. The van der Waals surface area contributed by atoms with Gasteiger partial charge in [0, 0.05) is 19.4 Å². The highest BCUT2D eigenvalue weighted by molar-refractivity contribution is 9.10. The fourth-order valence-electron chi connectivity index (χ4n) is 2.57. The molecule has 5 nitrogen and oxygen atoms in total. The van der Waals surface area contributed by atoms with Crippen molar-refractivity contribution in [2.24, 2.45) is 0 Å². The highest BCUT2D eigenvalue weighted by Gasteiger charge is 2.39. The molecule has 0 aromatic carbocycles. The van der Waals surface area contributed by atoms with Gasteiger partial charge >= 0.3 is 0 Å². The lowest BCUT2D eigenvalue weighted by molar-refractivity contribution is -0.106. The fraction of sp³-hybridized carbons (Fsp3) is 0.769. The molecule has 2 rings (SSSR count). The molecule has 1 N–H and O–H groups in total. The highest BCUT2D eigenvalue weighted by atomic mass is 79.9. The minimum absolute atomic E-state index is 0.0721. The molecule has 0 bridgehead atoms. The SMILES string of the molecule is CC1CC(O)(c2c(Br)cnn2CCN(C)C)CCO1. The summed E-state index contributed by atoms with van der Waals surface area (Å²) in [5, 5.41) is 15.3. The molecule has 1 aliphatic heterocycles. The maximum absolute atomic E-state index is 10.9. The van der Waals surface area contributed by atoms with Gasteiger partial charge in [0.2, 0.25) is 0 Å². The van der Waals surface area contributed by atoms with Gasteiger partial charge in [-0.2, -0.15) is 5.10 Å². The van der Waals surface area contributed by atoms with Gasteiger partial charge in [-0.25, -0.2) is 0 Å². The average molecular weight is 332 g/mol. The van der Waals surface area contributed by atoms with Gasteiger partial charge in [0.25, 0.3) is 0 Å². The van der Waals surface area contributed by atoms with Gasteiger partial charge in [0.05, 0.1) is 35.6 Å². The minimum Gasteiger partial charge on any atom is -0.383 e. The maximum atomic E-state index is 10.9. The molecule has 2 heterocycles. The first-order valence-electron chi connectivity index (χ1n) is 6.63. The van der Waals surface area contributed by atoms with Gasteiger partial charge in [-0.05, 0) is 36.9 Å². The standard InChI is InChI=1S/C13H22BrN3O2/c1-10-8-13(18,4-7-19-10)12-11(14)9-15-17(12)6-5-16(2)3/h9-10,18H,4-8H2,1-3H3. The van der Waals surface area contributed by atoms with E-state index in [0.717, 1.165) is 23.3 Å². The van der Waals surface area contributed by atoms with Crippen molar-refractivity contribution in [1.82, 2.24) is 14.7 Å². The molecular formula is C13H22BrN3O2. The number of likely N-dealkylation sites (N-methyl/N-ethyl adjacent to an activating group) is 1. The molecule has 0 amide bonds. The molecule has 19 heavy (non-hydrogen) atoms. The van der Waals surface area contributed by atoms with Crippen molar-refractivity contribution >= 4 is 15.9 Å². The van der Waals surface area contributed by atoms with Crippen molar-refractivity contribution in [1.29, 1.82) is 0 Å². The lowest BCUT2D eigenvalue weighted by atomic mass is 9.87. The Bertz CT molecular complexity index is 436. The van der Waals surface area contributed by atoms with Crippen LogP contribution in [0.4, 0.5) is 0 Å². The Morgan fingerprint density at radius 1 is 1.63 bits per heavy atom. The molecule has 1 aromatic heterocycles. The summed E-state index contributed by atoms with van der Waals surface area (Å²) in [4.78, 5) is 2.11. The zero-order valence-corrected chi connectivity index (χ0v) is 13.4. The summed E-state index contributed by atoms with van der Waals surface area (Å²) >= 11 is 3.52. The van der Waals surface area contributed by atoms with Crippen LogP contribution in [-0.2, 0) is 16.9 Å². The summed E-state index contributed by atoms with van der Waals surface area (Å²) in [7, 11) is 4.06. The number of nitrogens with zero attached hydrogens (tertiary/aromatic N) is 3. The normalized spacial score (nSPS) is 28.0. The minimum atomic E-state index is -0.848. The Hall–Kier alpha value is -0.430. The van der Waals surface area contributed by atoms with E-state index in [4.69, 9.17) is 4.74 Å². The van der Waals surface area contributed by atoms with E-state index in [0.29, 0.717) is 19.4 Å². The number of hydrogen-bond acceptors (Lipinski definition) is 4. The smallest absolute Gasteiger partial charge is 0.112 e. The van der Waals surface area contributed by atoms with E-state index in [1.54, 1.807) is 6.20 Å². The van der Waals surface area contributed by atoms with Crippen molar-refractivity contribution in [2.45, 2.75) is 38.0 Å². The predicted molar refractivity (Wildman–Crippen MR) is 77.0 cm³/mol. The van der Waals surface area contributed by atoms with Gasteiger partial charge < -0.3 is 14.7 Å². The third-order valence-electron chi connectivity index (χ3n) is 3.54. The van der Waals surface area contributed by atoms with Crippen LogP contribution < -0.4 is 0 Å². The Labute approximate surface area is 122 Å². The predicted octanol–water partition coefficient (Wildman–Crippen LogP) is 1.59. The first kappa shape index (κ1) is 15.0. The molecule has 1 aliphatic rings. The molecule has 2 atom stereocenters. The van der Waals surface area contributed by atoms with Crippen LogP contribution in [0.5, 0.6) is 0 Å². The van der Waals surface area contributed by atoms with E-state index in [-0.39, 0.29) is 6.10 Å². The summed E-state index contributed by atoms with van der Waals surface area (Å²) in [5.41, 5.74) is 0.0313. The first-order valence-corrected chi connectivity index (χ1v) is 7.42. The summed E-state index contributed by atoms with van der Waals surface area (Å²) in [5.74, 6) is 0. The first-order chi connectivity index (χ1) is 8.92. The second-order valence-electron chi connectivity index (χ2n) is 5.53. The number of rotatable bonds is 4. The average Bonchev–Trinajstić information content (AvgIpc) is 2.68. The van der Waals surface area contributed by atoms with Crippen LogP contribution in [0.25, 0.3) is 0 Å². The Balaban J connectivity index is 2.24. The lowest BCUT2D eigenvalue weighted by Gasteiger charge is -2.36. The molecule has 1 fully saturated rings. The molecular weight excluding hydrogens is 310 g/mol. The quantitative estimate of drug-likeness (QED) is 0.910. The second kappa shape index (κ2) is 5.91. The number of halogens is 1. The highest BCUT2D eigenvalue weighted by Crippen LogP contribution is 2.38. The monoisotopic (exact) mass is 331 g/mol. The van der Waals surface area contributed by atoms with Gasteiger partial charge in [0.1, 0.15) is 5.60 Å². The zero-order chi connectivity index (χ0) is 14.0. The van der Waals surface area contributed by atoms with Crippen LogP contribution in [0, 0.1) is 0 Å². The van der Waals surface area contributed by atoms with Crippen molar-refractivity contribution in [3.8, 4) is 0 Å². The zero-order valence-electron chi connectivity index (χ0n) is 11.8. The van der Waals surface area contributed by atoms with Crippen LogP contribution >= 0.6 is 15.9 Å². The van der Waals surface area contributed by atoms with E-state index in [2.05, 4.69) is 25.9 Å². The number of aliphatic hydroxyl groups is 1. The van der Waals surface area contributed by atoms with Crippen LogP contribution in [0.15, 0.2) is 10.7 Å².